The van der Waals surface area contributed by atoms with Crippen molar-refractivity contribution in [1.29, 1.82) is 0 Å². The van der Waals surface area contributed by atoms with Gasteiger partial charge in [-0.15, -0.1) is 0 Å². The summed E-state index contributed by atoms with van der Waals surface area (Å²) in [5.41, 5.74) is 3.61. The van der Waals surface area contributed by atoms with Gasteiger partial charge >= 0.3 is 0 Å². The van der Waals surface area contributed by atoms with Crippen molar-refractivity contribution in [2.75, 3.05) is 25.0 Å². The smallest absolute Gasteiger partial charge is 0.191 e. The molecule has 1 aliphatic rings. The van der Waals surface area contributed by atoms with E-state index in [2.05, 4.69) is 67.0 Å². The van der Waals surface area contributed by atoms with Crippen LogP contribution < -0.4 is 15.5 Å². The maximum Gasteiger partial charge on any atom is 0.191 e. The normalized spacial score (nSPS) is 14.2. The number of benzene rings is 1. The number of guanidine groups is 1. The number of pyridine rings is 1. The zero-order valence-electron chi connectivity index (χ0n) is 17.5. The van der Waals surface area contributed by atoms with Crippen LogP contribution in [0.3, 0.4) is 0 Å². The topological polar surface area (TPSA) is 70.4 Å². The summed E-state index contributed by atoms with van der Waals surface area (Å²) in [6.45, 7) is 4.36. The summed E-state index contributed by atoms with van der Waals surface area (Å²) in [6.07, 6.45) is 8.26. The molecule has 2 aromatic heterocycles. The first kappa shape index (κ1) is 19.9. The molecule has 1 fully saturated rings. The lowest BCUT2D eigenvalue weighted by atomic mass is 10.1. The molecule has 7 heteroatoms. The molecule has 3 heterocycles. The Morgan fingerprint density at radius 3 is 2.50 bits per heavy atom. The fourth-order valence-electron chi connectivity index (χ4n) is 3.69. The van der Waals surface area contributed by atoms with E-state index < -0.39 is 0 Å². The van der Waals surface area contributed by atoms with Crippen LogP contribution in [0.15, 0.2) is 66.0 Å². The van der Waals surface area contributed by atoms with Crippen LogP contribution in [0.2, 0.25) is 0 Å². The van der Waals surface area contributed by atoms with Crippen LogP contribution >= 0.6 is 0 Å². The van der Waals surface area contributed by atoms with E-state index in [0.29, 0.717) is 13.1 Å². The van der Waals surface area contributed by atoms with Gasteiger partial charge in [-0.05, 0) is 41.7 Å². The monoisotopic (exact) mass is 403 g/mol. The molecule has 4 rings (SSSR count). The molecular weight excluding hydrogens is 374 g/mol. The standard InChI is InChI=1S/C23H29N7/c1-24-23(26-16-19-9-10-22(25-15-19)29-12-4-5-13-29)27-17-20-7-2-3-8-21(20)18-30-14-6-11-28-30/h2-3,6-11,14-15H,4-5,12-13,16-18H2,1H3,(H2,24,26,27). The van der Waals surface area contributed by atoms with Crippen LogP contribution in [0.4, 0.5) is 5.82 Å². The van der Waals surface area contributed by atoms with Gasteiger partial charge in [0.2, 0.25) is 0 Å². The molecule has 30 heavy (non-hydrogen) atoms. The number of anilines is 1. The number of hydrogen-bond donors (Lipinski definition) is 2. The van der Waals surface area contributed by atoms with Gasteiger partial charge in [-0.1, -0.05) is 30.3 Å². The predicted molar refractivity (Wildman–Crippen MR) is 120 cm³/mol. The molecule has 0 unspecified atom stereocenters. The first-order valence-electron chi connectivity index (χ1n) is 10.5. The summed E-state index contributed by atoms with van der Waals surface area (Å²) in [5.74, 6) is 1.85. The molecular formula is C23H29N7. The van der Waals surface area contributed by atoms with Crippen molar-refractivity contribution < 1.29 is 0 Å². The van der Waals surface area contributed by atoms with Crippen LogP contribution in [0, 0.1) is 0 Å². The Balaban J connectivity index is 1.30. The van der Waals surface area contributed by atoms with Crippen LogP contribution in [0.25, 0.3) is 0 Å². The Morgan fingerprint density at radius 1 is 1.00 bits per heavy atom. The number of aromatic nitrogens is 3. The second-order valence-corrected chi connectivity index (χ2v) is 7.47. The fraction of sp³-hybridized carbons (Fsp3) is 0.348. The van der Waals surface area contributed by atoms with Gasteiger partial charge in [-0.3, -0.25) is 9.67 Å². The van der Waals surface area contributed by atoms with Crippen molar-refractivity contribution in [3.8, 4) is 0 Å². The van der Waals surface area contributed by atoms with Gasteiger partial charge in [0.25, 0.3) is 0 Å². The summed E-state index contributed by atoms with van der Waals surface area (Å²) < 4.78 is 1.94. The molecule has 0 bridgehead atoms. The molecule has 2 N–H and O–H groups in total. The Labute approximate surface area is 177 Å². The van der Waals surface area contributed by atoms with Gasteiger partial charge in [0.1, 0.15) is 5.82 Å². The summed E-state index contributed by atoms with van der Waals surface area (Å²) in [4.78, 5) is 11.3. The molecule has 0 radical (unpaired) electrons. The van der Waals surface area contributed by atoms with Gasteiger partial charge in [0.15, 0.2) is 5.96 Å². The van der Waals surface area contributed by atoms with E-state index in [-0.39, 0.29) is 0 Å². The van der Waals surface area contributed by atoms with Crippen LogP contribution in [-0.2, 0) is 19.6 Å². The van der Waals surface area contributed by atoms with Gasteiger partial charge in [0, 0.05) is 51.8 Å². The van der Waals surface area contributed by atoms with E-state index in [0.717, 1.165) is 37.0 Å². The van der Waals surface area contributed by atoms with Crippen LogP contribution in [0.1, 0.15) is 29.5 Å². The van der Waals surface area contributed by atoms with E-state index >= 15 is 0 Å². The minimum Gasteiger partial charge on any atom is -0.357 e. The van der Waals surface area contributed by atoms with Crippen molar-refractivity contribution in [3.05, 3.63) is 77.7 Å². The highest BCUT2D eigenvalue weighted by molar-refractivity contribution is 5.79. The van der Waals surface area contributed by atoms with Crippen molar-refractivity contribution in [1.82, 2.24) is 25.4 Å². The summed E-state index contributed by atoms with van der Waals surface area (Å²) in [6, 6.07) is 14.6. The fourth-order valence-corrected chi connectivity index (χ4v) is 3.69. The van der Waals surface area contributed by atoms with Crippen LogP contribution in [-0.4, -0.2) is 40.9 Å². The maximum absolute atomic E-state index is 4.62. The summed E-state index contributed by atoms with van der Waals surface area (Å²) in [7, 11) is 1.79. The minimum absolute atomic E-state index is 0.682. The van der Waals surface area contributed by atoms with Crippen molar-refractivity contribution in [2.24, 2.45) is 4.99 Å². The summed E-state index contributed by atoms with van der Waals surface area (Å²) in [5, 5.41) is 11.1. The Morgan fingerprint density at radius 2 is 1.80 bits per heavy atom. The Kier molecular flexibility index (Phi) is 6.59. The Bertz CT molecular complexity index is 942. The quantitative estimate of drug-likeness (QED) is 0.469. The average molecular weight is 404 g/mol. The number of aliphatic imine (C=N–C) groups is 1. The summed E-state index contributed by atoms with van der Waals surface area (Å²) >= 11 is 0. The van der Waals surface area contributed by atoms with Crippen LogP contribution in [0.5, 0.6) is 0 Å². The molecule has 1 saturated heterocycles. The first-order valence-corrected chi connectivity index (χ1v) is 10.5. The highest BCUT2D eigenvalue weighted by Crippen LogP contribution is 2.17. The third-order valence-electron chi connectivity index (χ3n) is 5.38. The highest BCUT2D eigenvalue weighted by Gasteiger charge is 2.13. The molecule has 0 amide bonds. The van der Waals surface area contributed by atoms with Crippen molar-refractivity contribution in [3.63, 3.8) is 0 Å². The average Bonchev–Trinajstić information content (AvgIpc) is 3.50. The van der Waals surface area contributed by atoms with E-state index in [1.165, 1.54) is 24.0 Å². The molecule has 0 aliphatic carbocycles. The second kappa shape index (κ2) is 9.91. The molecule has 0 atom stereocenters. The number of rotatable bonds is 7. The van der Waals surface area contributed by atoms with E-state index in [9.17, 15) is 0 Å². The minimum atomic E-state index is 0.682. The zero-order chi connectivity index (χ0) is 20.6. The SMILES string of the molecule is CN=C(NCc1ccc(N2CCCC2)nc1)NCc1ccccc1Cn1cccn1. The third kappa shape index (κ3) is 5.17. The predicted octanol–water partition coefficient (Wildman–Crippen LogP) is 2.79. The number of nitrogens with one attached hydrogen (secondary N) is 2. The van der Waals surface area contributed by atoms with Crippen molar-refractivity contribution >= 4 is 11.8 Å². The molecule has 1 aromatic carbocycles. The first-order chi connectivity index (χ1) is 14.8. The number of nitrogens with zero attached hydrogens (tertiary/aromatic N) is 5. The lowest BCUT2D eigenvalue weighted by Gasteiger charge is -2.17. The highest BCUT2D eigenvalue weighted by atomic mass is 15.3. The lowest BCUT2D eigenvalue weighted by molar-refractivity contribution is 0.677. The maximum atomic E-state index is 4.62. The van der Waals surface area contributed by atoms with Crippen molar-refractivity contribution in [2.45, 2.75) is 32.5 Å². The molecule has 0 spiro atoms. The van der Waals surface area contributed by atoms with Gasteiger partial charge in [0.05, 0.1) is 6.54 Å². The van der Waals surface area contributed by atoms with E-state index in [1.54, 1.807) is 13.2 Å². The molecule has 156 valence electrons. The molecule has 7 nitrogen and oxygen atoms in total. The Hall–Kier alpha value is -3.35. The second-order valence-electron chi connectivity index (χ2n) is 7.47. The third-order valence-corrected chi connectivity index (χ3v) is 5.38. The van der Waals surface area contributed by atoms with E-state index in [1.807, 2.05) is 23.1 Å². The van der Waals surface area contributed by atoms with Gasteiger partial charge < -0.3 is 15.5 Å². The molecule has 3 aromatic rings. The lowest BCUT2D eigenvalue weighted by Crippen LogP contribution is -2.36. The number of hydrogen-bond acceptors (Lipinski definition) is 4. The zero-order valence-corrected chi connectivity index (χ0v) is 17.5. The molecule has 0 saturated carbocycles. The molecule has 1 aliphatic heterocycles. The largest absolute Gasteiger partial charge is 0.357 e. The van der Waals surface area contributed by atoms with Gasteiger partial charge in [-0.2, -0.15) is 5.10 Å². The van der Waals surface area contributed by atoms with E-state index in [4.69, 9.17) is 0 Å². The van der Waals surface area contributed by atoms with Gasteiger partial charge in [-0.25, -0.2) is 4.98 Å².